The molecule has 3 aromatic rings. The molecule has 2 fully saturated rings. The molecule has 0 saturated carbocycles. The number of nitrogens with zero attached hydrogens (tertiary/aromatic N) is 5. The Balaban J connectivity index is 1.46. The summed E-state index contributed by atoms with van der Waals surface area (Å²) in [7, 11) is 0. The lowest BCUT2D eigenvalue weighted by Crippen LogP contribution is -2.50. The van der Waals surface area contributed by atoms with Gasteiger partial charge >= 0.3 is 6.09 Å². The predicted octanol–water partition coefficient (Wildman–Crippen LogP) is 3.97. The Hall–Kier alpha value is -3.73. The molecule has 6 rings (SSSR count). The molecule has 3 atom stereocenters. The van der Waals surface area contributed by atoms with Crippen LogP contribution in [0.3, 0.4) is 0 Å². The fourth-order valence-corrected chi connectivity index (χ4v) is 5.96. The molecule has 0 radical (unpaired) electrons. The molecule has 0 aliphatic carbocycles. The lowest BCUT2D eigenvalue weighted by molar-refractivity contribution is -0.136. The third kappa shape index (κ3) is 5.10. The number of carbonyl (C=O) groups is 2. The molecule has 2 aromatic heterocycles. The van der Waals surface area contributed by atoms with Gasteiger partial charge in [0, 0.05) is 43.9 Å². The molecule has 11 heteroatoms. The first-order valence-corrected chi connectivity index (χ1v) is 13.9. The van der Waals surface area contributed by atoms with E-state index >= 15 is 0 Å². The second-order valence-electron chi connectivity index (χ2n) is 11.9. The minimum atomic E-state index is -0.693. The normalized spacial score (nSPS) is 23.3. The number of likely N-dealkylation sites (tertiary alicyclic amines) is 1. The van der Waals surface area contributed by atoms with Gasteiger partial charge in [-0.15, -0.1) is 0 Å². The summed E-state index contributed by atoms with van der Waals surface area (Å²) in [6.07, 6.45) is 0.285. The Morgan fingerprint density at radius 3 is 2.80 bits per heavy atom. The highest BCUT2D eigenvalue weighted by Crippen LogP contribution is 2.32. The Labute approximate surface area is 232 Å². The molecule has 1 aromatic carbocycles. The number of carbonyl (C=O) groups excluding carboxylic acids is 2. The molecule has 212 valence electrons. The molecular weight excluding hydrogens is 515 g/mol. The van der Waals surface area contributed by atoms with Crippen LogP contribution >= 0.6 is 0 Å². The standard InChI is InChI=1S/C29H35FN6O4/c1-17-31-23-12-18(30)11-21-22-7-5-8-25(33-22)32-19-13-24(36(14-19)28(38)40-29(2,3)4)27(37)34-9-6-10-39-20(15-34)16-35(17)26(21)23/h5,7-8,11-12,19-20,24H,6,9-10,13-16H2,1-4H3,(H,32,33)/t19-,20+,24-/m0/s1. The van der Waals surface area contributed by atoms with E-state index in [-0.39, 0.29) is 23.9 Å². The van der Waals surface area contributed by atoms with E-state index in [0.29, 0.717) is 68.2 Å². The van der Waals surface area contributed by atoms with Crippen molar-refractivity contribution >= 4 is 28.9 Å². The zero-order chi connectivity index (χ0) is 28.2. The zero-order valence-corrected chi connectivity index (χ0v) is 23.3. The number of ether oxygens (including phenoxy) is 2. The summed E-state index contributed by atoms with van der Waals surface area (Å²) >= 11 is 0. The van der Waals surface area contributed by atoms with Crippen LogP contribution in [0.1, 0.15) is 39.4 Å². The Morgan fingerprint density at radius 2 is 2.00 bits per heavy atom. The number of imidazole rings is 1. The maximum absolute atomic E-state index is 14.8. The quantitative estimate of drug-likeness (QED) is 0.452. The lowest BCUT2D eigenvalue weighted by Gasteiger charge is -2.32. The van der Waals surface area contributed by atoms with E-state index in [1.807, 2.05) is 55.4 Å². The maximum Gasteiger partial charge on any atom is 0.411 e. The van der Waals surface area contributed by atoms with Crippen molar-refractivity contribution in [3.05, 3.63) is 42.0 Å². The van der Waals surface area contributed by atoms with Crippen LogP contribution in [0.15, 0.2) is 30.3 Å². The van der Waals surface area contributed by atoms with Gasteiger partial charge in [0.15, 0.2) is 0 Å². The number of halogens is 1. The van der Waals surface area contributed by atoms with Crippen LogP contribution in [-0.4, -0.2) is 86.4 Å². The highest BCUT2D eigenvalue weighted by atomic mass is 19.1. The first-order valence-electron chi connectivity index (χ1n) is 13.9. The molecule has 40 heavy (non-hydrogen) atoms. The van der Waals surface area contributed by atoms with Gasteiger partial charge in [0.1, 0.15) is 29.1 Å². The summed E-state index contributed by atoms with van der Waals surface area (Å²) in [5.41, 5.74) is 1.87. The fraction of sp³-hybridized carbons (Fsp3) is 0.517. The number of hydrogen-bond acceptors (Lipinski definition) is 7. The van der Waals surface area contributed by atoms with Crippen molar-refractivity contribution < 1.29 is 23.5 Å². The highest BCUT2D eigenvalue weighted by molar-refractivity contribution is 5.92. The number of pyridine rings is 1. The number of fused-ring (bicyclic) bond motifs is 7. The molecule has 0 unspecified atom stereocenters. The number of aromatic nitrogens is 3. The molecular formula is C29H35FN6O4. The summed E-state index contributed by atoms with van der Waals surface area (Å²) < 4.78 is 28.7. The molecule has 1 N–H and O–H groups in total. The van der Waals surface area contributed by atoms with E-state index in [9.17, 15) is 14.0 Å². The molecule has 10 nitrogen and oxygen atoms in total. The number of aryl methyl sites for hydroxylation is 1. The Bertz CT molecular complexity index is 1470. The lowest BCUT2D eigenvalue weighted by atomic mass is 10.1. The van der Waals surface area contributed by atoms with Crippen LogP contribution < -0.4 is 5.32 Å². The summed E-state index contributed by atoms with van der Waals surface area (Å²) in [5, 5.41) is 3.42. The first kappa shape index (κ1) is 26.5. The Morgan fingerprint density at radius 1 is 1.18 bits per heavy atom. The van der Waals surface area contributed by atoms with Gasteiger partial charge in [0.05, 0.1) is 29.4 Å². The van der Waals surface area contributed by atoms with E-state index < -0.39 is 17.7 Å². The SMILES string of the molecule is Cc1nc2cc(F)cc3c2n1C[C@H]1CN(CCCO1)C(=O)[C@@H]1C[C@@H](CN1C(=O)OC(C)(C)C)Nc1cccc-3n1. The number of anilines is 1. The number of rotatable bonds is 0. The van der Waals surface area contributed by atoms with E-state index in [2.05, 4.69) is 10.3 Å². The minimum Gasteiger partial charge on any atom is -0.444 e. The van der Waals surface area contributed by atoms with Gasteiger partial charge < -0.3 is 24.3 Å². The first-order chi connectivity index (χ1) is 19.1. The van der Waals surface area contributed by atoms with Crippen molar-refractivity contribution in [3.8, 4) is 11.3 Å². The van der Waals surface area contributed by atoms with Crippen LogP contribution in [0.2, 0.25) is 0 Å². The van der Waals surface area contributed by atoms with Gasteiger partial charge in [0.2, 0.25) is 5.91 Å². The second kappa shape index (κ2) is 10.0. The van der Waals surface area contributed by atoms with Gasteiger partial charge in [0.25, 0.3) is 0 Å². The van der Waals surface area contributed by atoms with E-state index in [1.165, 1.54) is 17.0 Å². The summed E-state index contributed by atoms with van der Waals surface area (Å²) in [5.74, 6) is 0.798. The van der Waals surface area contributed by atoms with E-state index in [4.69, 9.17) is 14.5 Å². The van der Waals surface area contributed by atoms with Crippen LogP contribution in [0.4, 0.5) is 15.0 Å². The average molecular weight is 551 g/mol. The number of benzene rings is 1. The predicted molar refractivity (Wildman–Crippen MR) is 147 cm³/mol. The van der Waals surface area contributed by atoms with Gasteiger partial charge in [-0.1, -0.05) is 6.07 Å². The van der Waals surface area contributed by atoms with Crippen molar-refractivity contribution in [2.75, 3.05) is 31.6 Å². The van der Waals surface area contributed by atoms with Gasteiger partial charge in [-0.2, -0.15) is 0 Å². The van der Waals surface area contributed by atoms with Gasteiger partial charge in [-0.05, 0) is 58.7 Å². The van der Waals surface area contributed by atoms with Crippen molar-refractivity contribution in [2.24, 2.45) is 0 Å². The topological polar surface area (TPSA) is 102 Å². The fourth-order valence-electron chi connectivity index (χ4n) is 5.96. The third-order valence-electron chi connectivity index (χ3n) is 7.64. The van der Waals surface area contributed by atoms with Crippen LogP contribution in [0, 0.1) is 12.7 Å². The maximum atomic E-state index is 14.8. The average Bonchev–Trinajstić information content (AvgIpc) is 3.33. The molecule has 5 heterocycles. The van der Waals surface area contributed by atoms with Crippen molar-refractivity contribution in [3.63, 3.8) is 0 Å². The number of hydrogen-bond donors (Lipinski definition) is 1. The molecule has 6 bridgehead atoms. The van der Waals surface area contributed by atoms with Crippen molar-refractivity contribution in [2.45, 2.75) is 70.9 Å². The number of nitrogens with one attached hydrogen (secondary N) is 1. The Kier molecular flexibility index (Phi) is 6.64. The van der Waals surface area contributed by atoms with Crippen molar-refractivity contribution in [1.82, 2.24) is 24.3 Å². The van der Waals surface area contributed by atoms with Crippen molar-refractivity contribution in [1.29, 1.82) is 0 Å². The third-order valence-corrected chi connectivity index (χ3v) is 7.64. The highest BCUT2D eigenvalue weighted by Gasteiger charge is 2.44. The molecule has 2 amide bonds. The summed E-state index contributed by atoms with van der Waals surface area (Å²) in [4.78, 5) is 40.1. The largest absolute Gasteiger partial charge is 0.444 e. The van der Waals surface area contributed by atoms with Crippen LogP contribution in [-0.2, 0) is 20.8 Å². The van der Waals surface area contributed by atoms with E-state index in [1.54, 1.807) is 0 Å². The summed E-state index contributed by atoms with van der Waals surface area (Å²) in [6.45, 7) is 9.47. The monoisotopic (exact) mass is 550 g/mol. The summed E-state index contributed by atoms with van der Waals surface area (Å²) in [6, 6.07) is 7.57. The minimum absolute atomic E-state index is 0.114. The van der Waals surface area contributed by atoms with Gasteiger partial charge in [-0.25, -0.2) is 19.2 Å². The van der Waals surface area contributed by atoms with Crippen LogP contribution in [0.5, 0.6) is 0 Å². The number of amides is 2. The molecule has 3 aliphatic heterocycles. The smallest absolute Gasteiger partial charge is 0.411 e. The van der Waals surface area contributed by atoms with Crippen LogP contribution in [0.25, 0.3) is 22.3 Å². The van der Waals surface area contributed by atoms with Gasteiger partial charge in [-0.3, -0.25) is 9.69 Å². The molecule has 0 spiro atoms. The van der Waals surface area contributed by atoms with E-state index in [0.717, 1.165) is 11.3 Å². The zero-order valence-electron chi connectivity index (χ0n) is 23.3. The molecule has 2 saturated heterocycles. The molecule has 3 aliphatic rings. The second-order valence-corrected chi connectivity index (χ2v) is 11.9.